The highest BCUT2D eigenvalue weighted by Crippen LogP contribution is 2.19. The van der Waals surface area contributed by atoms with Gasteiger partial charge in [-0.15, -0.1) is 0 Å². The molecule has 0 amide bonds. The number of nitrogens with two attached hydrogens (primary N) is 1. The molecule has 1 heterocycles. The van der Waals surface area contributed by atoms with E-state index in [0.717, 1.165) is 6.42 Å². The molecule has 0 aliphatic carbocycles. The molecular formula is C8H17N3O2. The number of oxime groups is 1. The van der Waals surface area contributed by atoms with Gasteiger partial charge in [0.1, 0.15) is 0 Å². The first-order valence-corrected chi connectivity index (χ1v) is 4.47. The first kappa shape index (κ1) is 10.3. The summed E-state index contributed by atoms with van der Waals surface area (Å²) < 4.78 is 0. The topological polar surface area (TPSA) is 82.1 Å². The zero-order chi connectivity index (χ0) is 10.0. The van der Waals surface area contributed by atoms with Crippen LogP contribution in [0.15, 0.2) is 5.16 Å². The average molecular weight is 187 g/mol. The summed E-state index contributed by atoms with van der Waals surface area (Å²) in [7, 11) is 0. The molecule has 0 saturated carbocycles. The lowest BCUT2D eigenvalue weighted by Crippen LogP contribution is -2.44. The van der Waals surface area contributed by atoms with E-state index in [2.05, 4.69) is 5.16 Å². The Hall–Kier alpha value is -0.810. The Morgan fingerprint density at radius 2 is 2.31 bits per heavy atom. The van der Waals surface area contributed by atoms with Crippen molar-refractivity contribution in [2.75, 3.05) is 6.54 Å². The molecule has 3 unspecified atom stereocenters. The van der Waals surface area contributed by atoms with Crippen LogP contribution in [0.5, 0.6) is 0 Å². The van der Waals surface area contributed by atoms with Crippen LogP contribution in [0, 0.1) is 0 Å². The summed E-state index contributed by atoms with van der Waals surface area (Å²) in [6.45, 7) is 4.49. The van der Waals surface area contributed by atoms with Crippen LogP contribution in [-0.2, 0) is 0 Å². The van der Waals surface area contributed by atoms with Gasteiger partial charge in [-0.3, -0.25) is 4.90 Å². The summed E-state index contributed by atoms with van der Waals surface area (Å²) in [5.74, 6) is 0.195. The first-order chi connectivity index (χ1) is 6.06. The molecule has 0 aromatic rings. The van der Waals surface area contributed by atoms with E-state index in [1.54, 1.807) is 0 Å². The van der Waals surface area contributed by atoms with E-state index in [9.17, 15) is 5.11 Å². The van der Waals surface area contributed by atoms with Gasteiger partial charge in [-0.25, -0.2) is 0 Å². The second kappa shape index (κ2) is 3.93. The highest BCUT2D eigenvalue weighted by molar-refractivity contribution is 5.84. The molecule has 13 heavy (non-hydrogen) atoms. The molecule has 0 aromatic heterocycles. The van der Waals surface area contributed by atoms with E-state index in [-0.39, 0.29) is 24.0 Å². The van der Waals surface area contributed by atoms with Crippen molar-refractivity contribution >= 4 is 5.84 Å². The number of rotatable bonds is 2. The van der Waals surface area contributed by atoms with E-state index >= 15 is 0 Å². The fourth-order valence-corrected chi connectivity index (χ4v) is 1.82. The number of nitrogens with zero attached hydrogens (tertiary/aromatic N) is 2. The summed E-state index contributed by atoms with van der Waals surface area (Å²) in [6, 6.07) is 0.169. The quantitative estimate of drug-likeness (QED) is 0.237. The Bertz CT molecular complexity index is 208. The van der Waals surface area contributed by atoms with Gasteiger partial charge < -0.3 is 16.0 Å². The number of β-amino-alcohol motifs (C(OH)–C–C–N with tert-alkyl or cyclic N) is 1. The number of amidine groups is 1. The second-order valence-corrected chi connectivity index (χ2v) is 3.64. The highest BCUT2D eigenvalue weighted by atomic mass is 16.4. The van der Waals surface area contributed by atoms with Crippen molar-refractivity contribution < 1.29 is 10.3 Å². The monoisotopic (exact) mass is 187 g/mol. The Balaban J connectivity index is 2.62. The van der Waals surface area contributed by atoms with Gasteiger partial charge in [-0.2, -0.15) is 0 Å². The van der Waals surface area contributed by atoms with Crippen LogP contribution in [0.3, 0.4) is 0 Å². The molecule has 0 bridgehead atoms. The number of likely N-dealkylation sites (tertiary alicyclic amines) is 1. The lowest BCUT2D eigenvalue weighted by molar-refractivity contribution is 0.169. The second-order valence-electron chi connectivity index (χ2n) is 3.64. The number of aliphatic hydroxyl groups excluding tert-OH is 1. The van der Waals surface area contributed by atoms with Crippen LogP contribution in [0.2, 0.25) is 0 Å². The molecule has 5 nitrogen and oxygen atoms in total. The molecule has 0 radical (unpaired) electrons. The van der Waals surface area contributed by atoms with E-state index < -0.39 is 0 Å². The third-order valence-electron chi connectivity index (χ3n) is 2.64. The largest absolute Gasteiger partial charge is 0.409 e. The number of hydrogen-bond donors (Lipinski definition) is 3. The minimum atomic E-state index is -0.288. The lowest BCUT2D eigenvalue weighted by atomic mass is 10.2. The molecule has 3 atom stereocenters. The van der Waals surface area contributed by atoms with Gasteiger partial charge in [-0.05, 0) is 20.3 Å². The van der Waals surface area contributed by atoms with Gasteiger partial charge in [0.05, 0.1) is 12.1 Å². The van der Waals surface area contributed by atoms with Gasteiger partial charge in [0.25, 0.3) is 0 Å². The normalized spacial score (nSPS) is 33.6. The number of aliphatic hydroxyl groups is 1. The zero-order valence-corrected chi connectivity index (χ0v) is 8.01. The van der Waals surface area contributed by atoms with Crippen LogP contribution < -0.4 is 5.73 Å². The SMILES string of the molecule is CC1CC(O)CN1C(C)/C(N)=N/O. The van der Waals surface area contributed by atoms with Gasteiger partial charge >= 0.3 is 0 Å². The lowest BCUT2D eigenvalue weighted by Gasteiger charge is -2.26. The molecule has 1 aliphatic heterocycles. The summed E-state index contributed by atoms with van der Waals surface area (Å²) in [4.78, 5) is 2.03. The Morgan fingerprint density at radius 3 is 2.69 bits per heavy atom. The summed E-state index contributed by atoms with van der Waals surface area (Å²) in [5.41, 5.74) is 5.48. The first-order valence-electron chi connectivity index (χ1n) is 4.47. The van der Waals surface area contributed by atoms with Crippen LogP contribution in [0.25, 0.3) is 0 Å². The fourth-order valence-electron chi connectivity index (χ4n) is 1.82. The van der Waals surface area contributed by atoms with E-state index in [1.807, 2.05) is 18.7 Å². The van der Waals surface area contributed by atoms with Crippen molar-refractivity contribution in [1.29, 1.82) is 0 Å². The predicted molar refractivity (Wildman–Crippen MR) is 49.7 cm³/mol. The third kappa shape index (κ3) is 2.10. The van der Waals surface area contributed by atoms with Gasteiger partial charge in [0.15, 0.2) is 5.84 Å². The summed E-state index contributed by atoms with van der Waals surface area (Å²) >= 11 is 0. The third-order valence-corrected chi connectivity index (χ3v) is 2.64. The fraction of sp³-hybridized carbons (Fsp3) is 0.875. The minimum Gasteiger partial charge on any atom is -0.409 e. The van der Waals surface area contributed by atoms with Crippen molar-refractivity contribution in [2.45, 2.75) is 38.5 Å². The molecular weight excluding hydrogens is 170 g/mol. The molecule has 1 fully saturated rings. The Labute approximate surface area is 77.8 Å². The summed E-state index contributed by atoms with van der Waals surface area (Å²) in [6.07, 6.45) is 0.465. The van der Waals surface area contributed by atoms with Crippen LogP contribution in [0.1, 0.15) is 20.3 Å². The molecule has 5 heteroatoms. The predicted octanol–water partition coefficient (Wildman–Crippen LogP) is -0.424. The maximum Gasteiger partial charge on any atom is 0.156 e. The van der Waals surface area contributed by atoms with Crippen molar-refractivity contribution in [2.24, 2.45) is 10.9 Å². The van der Waals surface area contributed by atoms with E-state index in [1.165, 1.54) is 0 Å². The molecule has 1 aliphatic rings. The maximum absolute atomic E-state index is 9.39. The smallest absolute Gasteiger partial charge is 0.156 e. The summed E-state index contributed by atoms with van der Waals surface area (Å²) in [5, 5.41) is 20.8. The van der Waals surface area contributed by atoms with Crippen molar-refractivity contribution in [3.8, 4) is 0 Å². The van der Waals surface area contributed by atoms with Crippen LogP contribution in [-0.4, -0.2) is 45.8 Å². The standard InChI is InChI=1S/C8H17N3O2/c1-5-3-7(12)4-11(5)6(2)8(9)10-13/h5-7,12-13H,3-4H2,1-2H3,(H2,9,10). The van der Waals surface area contributed by atoms with Gasteiger partial charge in [-0.1, -0.05) is 5.16 Å². The molecule has 76 valence electrons. The van der Waals surface area contributed by atoms with Crippen LogP contribution in [0.4, 0.5) is 0 Å². The zero-order valence-electron chi connectivity index (χ0n) is 8.01. The van der Waals surface area contributed by atoms with Crippen LogP contribution >= 0.6 is 0 Å². The van der Waals surface area contributed by atoms with Crippen molar-refractivity contribution in [3.05, 3.63) is 0 Å². The molecule has 0 spiro atoms. The van der Waals surface area contributed by atoms with Crippen molar-refractivity contribution in [3.63, 3.8) is 0 Å². The number of hydrogen-bond acceptors (Lipinski definition) is 4. The molecule has 1 rings (SSSR count). The molecule has 0 aromatic carbocycles. The Morgan fingerprint density at radius 1 is 1.69 bits per heavy atom. The molecule has 4 N–H and O–H groups in total. The Kier molecular flexibility index (Phi) is 3.11. The van der Waals surface area contributed by atoms with Crippen molar-refractivity contribution in [1.82, 2.24) is 4.90 Å². The highest BCUT2D eigenvalue weighted by Gasteiger charge is 2.32. The van der Waals surface area contributed by atoms with Gasteiger partial charge in [0.2, 0.25) is 0 Å². The maximum atomic E-state index is 9.39. The molecule has 1 saturated heterocycles. The van der Waals surface area contributed by atoms with Gasteiger partial charge in [0, 0.05) is 12.6 Å². The average Bonchev–Trinajstić information content (AvgIpc) is 2.42. The van der Waals surface area contributed by atoms with E-state index in [0.29, 0.717) is 6.54 Å². The minimum absolute atomic E-state index is 0.114. The van der Waals surface area contributed by atoms with E-state index in [4.69, 9.17) is 10.9 Å².